The van der Waals surface area contributed by atoms with E-state index in [4.69, 9.17) is 25.5 Å². The normalized spacial score (nSPS) is 19.8. The number of nitrogens with zero attached hydrogens (tertiary/aromatic N) is 1. The Balaban J connectivity index is 4.15. The molecule has 0 aliphatic heterocycles. The van der Waals surface area contributed by atoms with E-state index in [9.17, 15) is 10.1 Å². The second-order valence-electron chi connectivity index (χ2n) is 2.81. The van der Waals surface area contributed by atoms with Crippen LogP contribution in [0.4, 0.5) is 0 Å². The third-order valence-corrected chi connectivity index (χ3v) is 1.66. The van der Waals surface area contributed by atoms with Crippen molar-refractivity contribution in [3.05, 3.63) is 10.1 Å². The summed E-state index contributed by atoms with van der Waals surface area (Å²) in [6, 6.07) is 0. The van der Waals surface area contributed by atoms with Gasteiger partial charge < -0.3 is 25.5 Å². The summed E-state index contributed by atoms with van der Waals surface area (Å²) in [5.74, 6) is 0. The molecule has 0 rings (SSSR count). The zero-order chi connectivity index (χ0) is 11.3. The molecule has 0 amide bonds. The van der Waals surface area contributed by atoms with E-state index < -0.39 is 42.5 Å². The first-order valence-corrected chi connectivity index (χ1v) is 3.85. The Kier molecular flexibility index (Phi) is 5.50. The first kappa shape index (κ1) is 13.2. The van der Waals surface area contributed by atoms with Crippen LogP contribution < -0.4 is 0 Å². The molecule has 0 aliphatic carbocycles. The summed E-state index contributed by atoms with van der Waals surface area (Å²) in [7, 11) is 0. The van der Waals surface area contributed by atoms with Crippen LogP contribution in [0.25, 0.3) is 0 Å². The molecule has 0 aromatic carbocycles. The van der Waals surface area contributed by atoms with Gasteiger partial charge in [-0.15, -0.1) is 0 Å². The van der Waals surface area contributed by atoms with E-state index in [0.717, 1.165) is 0 Å². The molecule has 0 aromatic heterocycles. The maximum atomic E-state index is 9.92. The highest BCUT2D eigenvalue weighted by Gasteiger charge is 2.32. The number of nitro groups is 1. The Labute approximate surface area is 79.2 Å². The molecule has 0 radical (unpaired) electrons. The van der Waals surface area contributed by atoms with Gasteiger partial charge in [-0.3, -0.25) is 10.1 Å². The van der Waals surface area contributed by atoms with Gasteiger partial charge in [0.05, 0.1) is 6.61 Å². The molecule has 8 nitrogen and oxygen atoms in total. The van der Waals surface area contributed by atoms with E-state index >= 15 is 0 Å². The maximum Gasteiger partial charge on any atom is 0.232 e. The van der Waals surface area contributed by atoms with Crippen molar-refractivity contribution in [3.8, 4) is 0 Å². The lowest BCUT2D eigenvalue weighted by Gasteiger charge is -2.23. The lowest BCUT2D eigenvalue weighted by atomic mass is 10.0. The molecule has 0 spiro atoms. The fourth-order valence-corrected chi connectivity index (χ4v) is 0.824. The van der Waals surface area contributed by atoms with Gasteiger partial charge in [0.2, 0.25) is 6.54 Å². The fraction of sp³-hybridized carbons (Fsp3) is 1.00. The Morgan fingerprint density at radius 3 is 1.86 bits per heavy atom. The van der Waals surface area contributed by atoms with Crippen molar-refractivity contribution >= 4 is 0 Å². The average Bonchev–Trinajstić information content (AvgIpc) is 2.13. The first-order valence-electron chi connectivity index (χ1n) is 3.85. The first-order chi connectivity index (χ1) is 6.40. The minimum atomic E-state index is -1.87. The summed E-state index contributed by atoms with van der Waals surface area (Å²) in [4.78, 5) is 9.05. The highest BCUT2D eigenvalue weighted by atomic mass is 16.6. The van der Waals surface area contributed by atoms with Crippen LogP contribution in [-0.4, -0.2) is 68.0 Å². The number of hydrogen-bond acceptors (Lipinski definition) is 7. The van der Waals surface area contributed by atoms with E-state index in [1.54, 1.807) is 0 Å². The quantitative estimate of drug-likeness (QED) is 0.228. The van der Waals surface area contributed by atoms with Crippen LogP contribution in [0.15, 0.2) is 0 Å². The summed E-state index contributed by atoms with van der Waals surface area (Å²) in [5.41, 5.74) is 0. The molecule has 0 saturated heterocycles. The third-order valence-electron chi connectivity index (χ3n) is 1.66. The molecule has 5 N–H and O–H groups in total. The van der Waals surface area contributed by atoms with Crippen LogP contribution in [-0.2, 0) is 0 Å². The fourth-order valence-electron chi connectivity index (χ4n) is 0.824. The van der Waals surface area contributed by atoms with Crippen molar-refractivity contribution in [2.45, 2.75) is 24.4 Å². The van der Waals surface area contributed by atoms with E-state index in [2.05, 4.69) is 0 Å². The van der Waals surface area contributed by atoms with Gasteiger partial charge in [0, 0.05) is 4.92 Å². The van der Waals surface area contributed by atoms with E-state index in [1.807, 2.05) is 0 Å². The van der Waals surface area contributed by atoms with Crippen LogP contribution in [0.3, 0.4) is 0 Å². The largest absolute Gasteiger partial charge is 0.394 e. The standard InChI is InChI=1S/C6H13NO7/c8-2-4(10)6(12)5(11)3(9)1-7(13)14/h3-6,8-12H,1-2H2/t3-,4-,5-,6-/m1/s1. The highest BCUT2D eigenvalue weighted by molar-refractivity contribution is 4.79. The minimum absolute atomic E-state index is 0.816. The summed E-state index contributed by atoms with van der Waals surface area (Å²) in [6.07, 6.45) is -7.13. The van der Waals surface area contributed by atoms with Gasteiger partial charge in [-0.1, -0.05) is 0 Å². The van der Waals surface area contributed by atoms with Crippen molar-refractivity contribution < 1.29 is 30.5 Å². The Hall–Kier alpha value is -0.800. The van der Waals surface area contributed by atoms with E-state index in [1.165, 1.54) is 0 Å². The molecule has 0 aliphatic rings. The molecule has 4 atom stereocenters. The molecule has 8 heteroatoms. The third kappa shape index (κ3) is 3.94. The van der Waals surface area contributed by atoms with Crippen LogP contribution in [0.2, 0.25) is 0 Å². The molecule has 0 heterocycles. The predicted octanol–water partition coefficient (Wildman–Crippen LogP) is -3.30. The van der Waals surface area contributed by atoms with Crippen LogP contribution in [0, 0.1) is 10.1 Å². The zero-order valence-electron chi connectivity index (χ0n) is 7.22. The molecule has 14 heavy (non-hydrogen) atoms. The van der Waals surface area contributed by atoms with Crippen LogP contribution in [0.1, 0.15) is 0 Å². The topological polar surface area (TPSA) is 144 Å². The molecular formula is C6H13NO7. The maximum absolute atomic E-state index is 9.92. The molecule has 84 valence electrons. The lowest BCUT2D eigenvalue weighted by molar-refractivity contribution is -0.493. The minimum Gasteiger partial charge on any atom is -0.394 e. The van der Waals surface area contributed by atoms with E-state index in [-0.39, 0.29) is 0 Å². The van der Waals surface area contributed by atoms with Crippen LogP contribution in [0.5, 0.6) is 0 Å². The molecule has 0 bridgehead atoms. The number of aliphatic hydroxyl groups excluding tert-OH is 5. The van der Waals surface area contributed by atoms with Gasteiger partial charge in [0.1, 0.15) is 24.4 Å². The summed E-state index contributed by atoms with van der Waals surface area (Å²) < 4.78 is 0. The molecule has 0 saturated carbocycles. The Bertz CT molecular complexity index is 187. The second-order valence-corrected chi connectivity index (χ2v) is 2.81. The highest BCUT2D eigenvalue weighted by Crippen LogP contribution is 2.05. The number of aliphatic hydroxyl groups is 5. The zero-order valence-corrected chi connectivity index (χ0v) is 7.22. The van der Waals surface area contributed by atoms with E-state index in [0.29, 0.717) is 0 Å². The Morgan fingerprint density at radius 1 is 1.07 bits per heavy atom. The summed E-state index contributed by atoms with van der Waals surface area (Å²) in [6.45, 7) is -1.76. The van der Waals surface area contributed by atoms with Crippen molar-refractivity contribution in [2.75, 3.05) is 13.2 Å². The van der Waals surface area contributed by atoms with Gasteiger partial charge in [-0.25, -0.2) is 0 Å². The SMILES string of the molecule is O=[N+]([O-])C[C@@H](O)[C@@H](O)[C@H](O)[C@H](O)CO. The lowest BCUT2D eigenvalue weighted by Crippen LogP contribution is -2.47. The summed E-state index contributed by atoms with van der Waals surface area (Å²) in [5, 5.41) is 54.2. The summed E-state index contributed by atoms with van der Waals surface area (Å²) >= 11 is 0. The number of rotatable bonds is 6. The molecule has 0 fully saturated rings. The van der Waals surface area contributed by atoms with Gasteiger partial charge >= 0.3 is 0 Å². The second kappa shape index (κ2) is 5.83. The average molecular weight is 211 g/mol. The van der Waals surface area contributed by atoms with Crippen LogP contribution >= 0.6 is 0 Å². The van der Waals surface area contributed by atoms with Crippen molar-refractivity contribution in [2.24, 2.45) is 0 Å². The Morgan fingerprint density at radius 2 is 1.50 bits per heavy atom. The van der Waals surface area contributed by atoms with Gasteiger partial charge in [0.15, 0.2) is 0 Å². The predicted molar refractivity (Wildman–Crippen MR) is 43.0 cm³/mol. The van der Waals surface area contributed by atoms with Gasteiger partial charge in [0.25, 0.3) is 0 Å². The van der Waals surface area contributed by atoms with Gasteiger partial charge in [-0.2, -0.15) is 0 Å². The number of hydrogen-bond donors (Lipinski definition) is 5. The van der Waals surface area contributed by atoms with Crippen molar-refractivity contribution in [1.82, 2.24) is 0 Å². The molecule has 0 aromatic rings. The van der Waals surface area contributed by atoms with Gasteiger partial charge in [-0.05, 0) is 0 Å². The molecular weight excluding hydrogens is 198 g/mol. The van der Waals surface area contributed by atoms with Crippen molar-refractivity contribution in [1.29, 1.82) is 0 Å². The molecule has 0 unspecified atom stereocenters. The smallest absolute Gasteiger partial charge is 0.232 e. The van der Waals surface area contributed by atoms with Crippen molar-refractivity contribution in [3.63, 3.8) is 0 Å². The monoisotopic (exact) mass is 211 g/mol.